The van der Waals surface area contributed by atoms with Crippen LogP contribution in [0.25, 0.3) is 0 Å². The summed E-state index contributed by atoms with van der Waals surface area (Å²) in [4.78, 5) is 5.26. The van der Waals surface area contributed by atoms with Crippen molar-refractivity contribution in [1.29, 1.82) is 0 Å². The molecule has 1 heterocycles. The van der Waals surface area contributed by atoms with Crippen molar-refractivity contribution in [1.82, 2.24) is 4.98 Å². The van der Waals surface area contributed by atoms with E-state index >= 15 is 0 Å². The van der Waals surface area contributed by atoms with Gasteiger partial charge in [0, 0.05) is 0 Å². The van der Waals surface area contributed by atoms with Crippen LogP contribution in [-0.2, 0) is 0 Å². The number of hydrogen-bond donors (Lipinski definition) is 0. The van der Waals surface area contributed by atoms with Crippen molar-refractivity contribution in [2.75, 3.05) is 0 Å². The van der Waals surface area contributed by atoms with E-state index in [4.69, 9.17) is 4.98 Å². The molecule has 0 spiro atoms. The first-order chi connectivity index (χ1) is 10.8. The Labute approximate surface area is 142 Å². The van der Waals surface area contributed by atoms with Crippen molar-refractivity contribution in [3.05, 3.63) is 23.9 Å². The van der Waals surface area contributed by atoms with E-state index in [0.29, 0.717) is 0 Å². The van der Waals surface area contributed by atoms with Crippen LogP contribution in [0, 0.1) is 0 Å². The summed E-state index contributed by atoms with van der Waals surface area (Å²) in [5.41, 5.74) is 1.42. The molecule has 0 saturated heterocycles. The zero-order valence-electron chi connectivity index (χ0n) is 15.0. The van der Waals surface area contributed by atoms with E-state index in [1.165, 1.54) is 70.4 Å². The van der Waals surface area contributed by atoms with Gasteiger partial charge in [-0.15, -0.1) is 0 Å². The van der Waals surface area contributed by atoms with Gasteiger partial charge in [-0.1, -0.05) is 0 Å². The fourth-order valence-corrected chi connectivity index (χ4v) is 19.1. The average Bonchev–Trinajstić information content (AvgIpc) is 3.40. The third kappa shape index (κ3) is 4.97. The fourth-order valence-electron chi connectivity index (χ4n) is 3.66. The quantitative estimate of drug-likeness (QED) is 0.409. The van der Waals surface area contributed by atoms with Crippen molar-refractivity contribution >= 4 is 22.1 Å². The molecule has 1 fully saturated rings. The molecule has 1 aromatic rings. The first-order valence-electron chi connectivity index (χ1n) is 9.73. The van der Waals surface area contributed by atoms with Gasteiger partial charge in [0.1, 0.15) is 0 Å². The molecule has 0 unspecified atom stereocenters. The summed E-state index contributed by atoms with van der Waals surface area (Å²) in [6.07, 6.45) is 11.1. The van der Waals surface area contributed by atoms with Crippen molar-refractivity contribution < 1.29 is 0 Å². The molecule has 1 saturated carbocycles. The predicted molar refractivity (Wildman–Crippen MR) is 101 cm³/mol. The van der Waals surface area contributed by atoms with Gasteiger partial charge in [-0.05, 0) is 0 Å². The van der Waals surface area contributed by atoms with Crippen LogP contribution in [0.15, 0.2) is 18.2 Å². The second kappa shape index (κ2) is 9.29. The van der Waals surface area contributed by atoms with Gasteiger partial charge in [0.25, 0.3) is 0 Å². The fraction of sp³-hybridized carbons (Fsp3) is 0.750. The summed E-state index contributed by atoms with van der Waals surface area (Å²) in [6.45, 7) is 7.05. The Kier molecular flexibility index (Phi) is 7.73. The van der Waals surface area contributed by atoms with E-state index < -0.39 is 18.4 Å². The molecule has 0 aliphatic heterocycles. The molecular weight excluding hydrogens is 373 g/mol. The number of unbranched alkanes of at least 4 members (excludes halogenated alkanes) is 3. The molecule has 0 aromatic carbocycles. The molecule has 1 nitrogen and oxygen atoms in total. The second-order valence-electron chi connectivity index (χ2n) is 7.31. The summed E-state index contributed by atoms with van der Waals surface area (Å²) < 4.78 is 6.22. The maximum atomic E-state index is 5.26. The van der Waals surface area contributed by atoms with Crippen LogP contribution in [0.1, 0.15) is 83.7 Å². The van der Waals surface area contributed by atoms with Gasteiger partial charge >= 0.3 is 142 Å². The molecule has 124 valence electrons. The average molecular weight is 408 g/mol. The molecule has 2 heteroatoms. The third-order valence-corrected chi connectivity index (χ3v) is 20.5. The van der Waals surface area contributed by atoms with Crippen molar-refractivity contribution in [2.24, 2.45) is 0 Å². The topological polar surface area (TPSA) is 12.9 Å². The van der Waals surface area contributed by atoms with Gasteiger partial charge in [0.15, 0.2) is 0 Å². The number of nitrogens with zero attached hydrogens (tertiary/aromatic N) is 1. The summed E-state index contributed by atoms with van der Waals surface area (Å²) in [6, 6.07) is 7.03. The van der Waals surface area contributed by atoms with Crippen LogP contribution in [0.3, 0.4) is 0 Å². The Bertz CT molecular complexity index is 417. The molecule has 0 radical (unpaired) electrons. The van der Waals surface area contributed by atoms with Gasteiger partial charge in [-0.3, -0.25) is 0 Å². The standard InChI is InChI=1S/C8H8N.3C4H9.Sn/c1-2-6-9-8(3-1)7-4-5-7;3*1-3-4-2;/h1-3,7H,4-5H2;3*1,3-4H2,2H3;. The number of aromatic nitrogens is 1. The Morgan fingerprint density at radius 2 is 1.45 bits per heavy atom. The molecule has 2 rings (SSSR count). The van der Waals surface area contributed by atoms with Crippen LogP contribution in [0.4, 0.5) is 0 Å². The Morgan fingerprint density at radius 1 is 0.909 bits per heavy atom. The van der Waals surface area contributed by atoms with E-state index in [1.54, 1.807) is 3.71 Å². The molecule has 0 amide bonds. The molecule has 0 bridgehead atoms. The van der Waals surface area contributed by atoms with E-state index in [9.17, 15) is 0 Å². The monoisotopic (exact) mass is 409 g/mol. The SMILES string of the molecule is CCC[CH2][Sn]([CH2]CCC)([CH2]CCC)[c]1cccc(C2CC2)n1. The minimum absolute atomic E-state index is 0.799. The zero-order valence-corrected chi connectivity index (χ0v) is 17.9. The maximum absolute atomic E-state index is 5.26. The van der Waals surface area contributed by atoms with Gasteiger partial charge < -0.3 is 0 Å². The first kappa shape index (κ1) is 18.3. The molecule has 0 atom stereocenters. The zero-order chi connectivity index (χ0) is 15.8. The molecular formula is C20H35NSn. The van der Waals surface area contributed by atoms with Gasteiger partial charge in [-0.2, -0.15) is 0 Å². The van der Waals surface area contributed by atoms with Crippen LogP contribution in [0.2, 0.25) is 13.3 Å². The first-order valence-corrected chi connectivity index (χ1v) is 17.2. The van der Waals surface area contributed by atoms with E-state index in [2.05, 4.69) is 39.0 Å². The number of rotatable bonds is 11. The molecule has 1 aliphatic rings. The Hall–Kier alpha value is -0.0513. The normalized spacial score (nSPS) is 15.2. The molecule has 22 heavy (non-hydrogen) atoms. The van der Waals surface area contributed by atoms with E-state index in [0.717, 1.165) is 5.92 Å². The predicted octanol–water partition coefficient (Wildman–Crippen LogP) is 6.02. The van der Waals surface area contributed by atoms with Crippen LogP contribution < -0.4 is 3.71 Å². The van der Waals surface area contributed by atoms with Gasteiger partial charge in [0.2, 0.25) is 0 Å². The Balaban J connectivity index is 2.27. The Morgan fingerprint density at radius 3 is 1.91 bits per heavy atom. The summed E-state index contributed by atoms with van der Waals surface area (Å²) in [7, 11) is 0. The van der Waals surface area contributed by atoms with Crippen molar-refractivity contribution in [3.8, 4) is 0 Å². The van der Waals surface area contributed by atoms with Gasteiger partial charge in [-0.25, -0.2) is 0 Å². The summed E-state index contributed by atoms with van der Waals surface area (Å²) >= 11 is -2.28. The van der Waals surface area contributed by atoms with Crippen molar-refractivity contribution in [2.45, 2.75) is 91.4 Å². The second-order valence-corrected chi connectivity index (χ2v) is 20.4. The van der Waals surface area contributed by atoms with Gasteiger partial charge in [0.05, 0.1) is 0 Å². The van der Waals surface area contributed by atoms with E-state index in [-0.39, 0.29) is 0 Å². The van der Waals surface area contributed by atoms with Crippen LogP contribution in [0.5, 0.6) is 0 Å². The number of hydrogen-bond acceptors (Lipinski definition) is 1. The van der Waals surface area contributed by atoms with Crippen LogP contribution >= 0.6 is 0 Å². The van der Waals surface area contributed by atoms with Crippen LogP contribution in [-0.4, -0.2) is 23.4 Å². The summed E-state index contributed by atoms with van der Waals surface area (Å²) in [5.74, 6) is 0.799. The molecule has 1 aromatic heterocycles. The van der Waals surface area contributed by atoms with Crippen molar-refractivity contribution in [3.63, 3.8) is 0 Å². The van der Waals surface area contributed by atoms with E-state index in [1.807, 2.05) is 0 Å². The molecule has 0 N–H and O–H groups in total. The molecule has 1 aliphatic carbocycles. The third-order valence-electron chi connectivity index (χ3n) is 5.34. The summed E-state index contributed by atoms with van der Waals surface area (Å²) in [5, 5.41) is 0. The minimum atomic E-state index is -2.28. The number of pyridine rings is 1.